The van der Waals surface area contributed by atoms with Crippen LogP contribution in [0, 0.1) is 25.2 Å². The average molecular weight is 286 g/mol. The van der Waals surface area contributed by atoms with E-state index in [1.54, 1.807) is 11.3 Å². The minimum atomic E-state index is 0.644. The number of rotatable bonds is 4. The first-order valence-electron chi connectivity index (χ1n) is 6.58. The largest absolute Gasteiger partial charge is 0.352 e. The molecule has 104 valence electrons. The molecule has 0 saturated heterocycles. The van der Waals surface area contributed by atoms with Crippen molar-refractivity contribution < 1.29 is 0 Å². The zero-order chi connectivity index (χ0) is 14.7. The highest BCUT2D eigenvalue weighted by atomic mass is 32.1. The summed E-state index contributed by atoms with van der Waals surface area (Å²) in [6.07, 6.45) is 2.93. The summed E-state index contributed by atoms with van der Waals surface area (Å²) in [5.41, 5.74) is 2.54. The fraction of sp³-hybridized carbons (Fsp3) is 0.400. The molecule has 2 rings (SSSR count). The molecule has 0 bridgehead atoms. The predicted octanol–water partition coefficient (Wildman–Crippen LogP) is 3.23. The van der Waals surface area contributed by atoms with Gasteiger partial charge in [0.1, 0.15) is 16.9 Å². The van der Waals surface area contributed by atoms with Crippen molar-refractivity contribution in [3.05, 3.63) is 39.0 Å². The normalized spacial score (nSPS) is 10.3. The summed E-state index contributed by atoms with van der Waals surface area (Å²) in [4.78, 5) is 12.2. The van der Waals surface area contributed by atoms with Gasteiger partial charge in [-0.3, -0.25) is 0 Å². The second-order valence-electron chi connectivity index (χ2n) is 4.82. The molecule has 0 amide bonds. The number of aromatic nitrogens is 2. The topological polar surface area (TPSA) is 52.8 Å². The highest BCUT2D eigenvalue weighted by molar-refractivity contribution is 7.11. The van der Waals surface area contributed by atoms with Crippen molar-refractivity contribution in [2.24, 2.45) is 0 Å². The zero-order valence-corrected chi connectivity index (χ0v) is 13.1. The lowest BCUT2D eigenvalue weighted by molar-refractivity contribution is 0.877. The molecule has 0 radical (unpaired) electrons. The Labute approximate surface area is 123 Å². The molecule has 0 saturated carbocycles. The van der Waals surface area contributed by atoms with E-state index >= 15 is 0 Å². The summed E-state index contributed by atoms with van der Waals surface area (Å²) in [6.45, 7) is 6.70. The lowest BCUT2D eigenvalue weighted by atomic mass is 10.1. The van der Waals surface area contributed by atoms with Gasteiger partial charge in [0.15, 0.2) is 0 Å². The summed E-state index contributed by atoms with van der Waals surface area (Å²) in [5, 5.41) is 10.4. The fourth-order valence-corrected chi connectivity index (χ4v) is 3.01. The molecule has 4 nitrogen and oxygen atoms in total. The molecule has 0 aliphatic rings. The Morgan fingerprint density at radius 1 is 1.40 bits per heavy atom. The van der Waals surface area contributed by atoms with Gasteiger partial charge in [0, 0.05) is 23.8 Å². The smallest absolute Gasteiger partial charge is 0.147 e. The molecule has 2 aromatic heterocycles. The van der Waals surface area contributed by atoms with Crippen LogP contribution >= 0.6 is 11.3 Å². The van der Waals surface area contributed by atoms with Crippen LogP contribution < -0.4 is 4.90 Å². The number of pyridine rings is 1. The van der Waals surface area contributed by atoms with Gasteiger partial charge in [0.2, 0.25) is 0 Å². The van der Waals surface area contributed by atoms with Crippen molar-refractivity contribution in [3.63, 3.8) is 0 Å². The van der Waals surface area contributed by atoms with Crippen LogP contribution in [0.1, 0.15) is 33.6 Å². The molecule has 2 aromatic rings. The van der Waals surface area contributed by atoms with E-state index in [-0.39, 0.29) is 0 Å². The molecule has 0 N–H and O–H groups in total. The SMILES string of the molecule is CCc1cnc(CN(C)c2nc(C)cc(C)c2C#N)s1. The van der Waals surface area contributed by atoms with Gasteiger partial charge in [-0.05, 0) is 31.9 Å². The van der Waals surface area contributed by atoms with Crippen molar-refractivity contribution in [1.82, 2.24) is 9.97 Å². The van der Waals surface area contributed by atoms with Gasteiger partial charge in [-0.1, -0.05) is 6.92 Å². The quantitative estimate of drug-likeness (QED) is 0.866. The molecule has 0 aromatic carbocycles. The highest BCUT2D eigenvalue weighted by Gasteiger charge is 2.14. The van der Waals surface area contributed by atoms with Crippen LogP contribution in [0.3, 0.4) is 0 Å². The standard InChI is InChI=1S/C15H18N4S/c1-5-12-8-17-14(20-12)9-19(4)15-13(7-16)10(2)6-11(3)18-15/h6,8H,5,9H2,1-4H3. The van der Waals surface area contributed by atoms with Crippen LogP contribution in [-0.2, 0) is 13.0 Å². The van der Waals surface area contributed by atoms with Gasteiger partial charge in [0.25, 0.3) is 0 Å². The minimum Gasteiger partial charge on any atom is -0.352 e. The summed E-state index contributed by atoms with van der Waals surface area (Å²) < 4.78 is 0. The van der Waals surface area contributed by atoms with Crippen molar-refractivity contribution in [3.8, 4) is 6.07 Å². The van der Waals surface area contributed by atoms with Crippen molar-refractivity contribution in [2.75, 3.05) is 11.9 Å². The highest BCUT2D eigenvalue weighted by Crippen LogP contribution is 2.23. The Bertz CT molecular complexity index is 654. The monoisotopic (exact) mass is 286 g/mol. The van der Waals surface area contributed by atoms with E-state index in [2.05, 4.69) is 23.0 Å². The number of aryl methyl sites for hydroxylation is 3. The third kappa shape index (κ3) is 2.97. The molecule has 20 heavy (non-hydrogen) atoms. The van der Waals surface area contributed by atoms with Gasteiger partial charge in [-0.2, -0.15) is 5.26 Å². The van der Waals surface area contributed by atoms with Gasteiger partial charge in [-0.15, -0.1) is 11.3 Å². The Morgan fingerprint density at radius 3 is 2.75 bits per heavy atom. The predicted molar refractivity (Wildman–Crippen MR) is 82.0 cm³/mol. The second-order valence-corrected chi connectivity index (χ2v) is 6.02. The minimum absolute atomic E-state index is 0.644. The van der Waals surface area contributed by atoms with Crippen molar-refractivity contribution >= 4 is 17.2 Å². The summed E-state index contributed by atoms with van der Waals surface area (Å²) >= 11 is 1.71. The Kier molecular flexibility index (Phi) is 4.35. The van der Waals surface area contributed by atoms with E-state index in [1.165, 1.54) is 4.88 Å². The molecule has 0 aliphatic heterocycles. The number of nitriles is 1. The maximum atomic E-state index is 9.32. The van der Waals surface area contributed by atoms with Crippen molar-refractivity contribution in [1.29, 1.82) is 5.26 Å². The van der Waals surface area contributed by atoms with Crippen LogP contribution in [0.5, 0.6) is 0 Å². The molecule has 0 fully saturated rings. The molecule has 2 heterocycles. The van der Waals surface area contributed by atoms with Gasteiger partial charge >= 0.3 is 0 Å². The average Bonchev–Trinajstić information content (AvgIpc) is 2.85. The van der Waals surface area contributed by atoms with E-state index in [0.29, 0.717) is 12.1 Å². The molecule has 0 unspecified atom stereocenters. The maximum Gasteiger partial charge on any atom is 0.147 e. The van der Waals surface area contributed by atoms with E-state index in [4.69, 9.17) is 0 Å². The van der Waals surface area contributed by atoms with Crippen LogP contribution in [0.15, 0.2) is 12.3 Å². The fourth-order valence-electron chi connectivity index (χ4n) is 2.09. The first-order chi connectivity index (χ1) is 9.55. The van der Waals surface area contributed by atoms with Gasteiger partial charge < -0.3 is 4.90 Å². The Hall–Kier alpha value is -1.93. The molecule has 0 aliphatic carbocycles. The molecule has 0 spiro atoms. The number of thiazole rings is 1. The molecular weight excluding hydrogens is 268 g/mol. The first-order valence-corrected chi connectivity index (χ1v) is 7.39. The van der Waals surface area contributed by atoms with E-state index in [0.717, 1.165) is 28.5 Å². The Morgan fingerprint density at radius 2 is 2.15 bits per heavy atom. The lowest BCUT2D eigenvalue weighted by Gasteiger charge is -2.19. The van der Waals surface area contributed by atoms with Gasteiger partial charge in [-0.25, -0.2) is 9.97 Å². The lowest BCUT2D eigenvalue weighted by Crippen LogP contribution is -2.19. The van der Waals surface area contributed by atoms with Crippen LogP contribution in [0.2, 0.25) is 0 Å². The van der Waals surface area contributed by atoms with Crippen molar-refractivity contribution in [2.45, 2.75) is 33.7 Å². The third-order valence-corrected chi connectivity index (χ3v) is 4.25. The summed E-state index contributed by atoms with van der Waals surface area (Å²) in [5.74, 6) is 0.734. The second kappa shape index (κ2) is 6.02. The van der Waals surface area contributed by atoms with E-state index in [9.17, 15) is 5.26 Å². The maximum absolute atomic E-state index is 9.32. The van der Waals surface area contributed by atoms with Crippen LogP contribution in [-0.4, -0.2) is 17.0 Å². The van der Waals surface area contributed by atoms with Crippen LogP contribution in [0.4, 0.5) is 5.82 Å². The molecule has 5 heteroatoms. The number of anilines is 1. The number of hydrogen-bond acceptors (Lipinski definition) is 5. The third-order valence-electron chi connectivity index (χ3n) is 3.12. The first kappa shape index (κ1) is 14.5. The molecular formula is C15H18N4S. The van der Waals surface area contributed by atoms with Gasteiger partial charge in [0.05, 0.1) is 12.1 Å². The van der Waals surface area contributed by atoms with E-state index < -0.39 is 0 Å². The number of hydrogen-bond donors (Lipinski definition) is 0. The van der Waals surface area contributed by atoms with E-state index in [1.807, 2.05) is 38.1 Å². The summed E-state index contributed by atoms with van der Waals surface area (Å²) in [7, 11) is 1.95. The van der Waals surface area contributed by atoms with Crippen LogP contribution in [0.25, 0.3) is 0 Å². The summed E-state index contributed by atoms with van der Waals surface area (Å²) in [6, 6.07) is 4.19. The zero-order valence-electron chi connectivity index (χ0n) is 12.3. The molecule has 0 atom stereocenters. The Balaban J connectivity index is 2.29. The number of nitrogens with zero attached hydrogens (tertiary/aromatic N) is 4.